The van der Waals surface area contributed by atoms with Gasteiger partial charge in [0.15, 0.2) is 0 Å². The second-order valence-corrected chi connectivity index (χ2v) is 13.1. The number of alkyl carbamates (subject to hydrolysis) is 1. The van der Waals surface area contributed by atoms with Crippen LogP contribution in [0, 0.1) is 0 Å². The number of nitrogens with zero attached hydrogens (tertiary/aromatic N) is 1. The molecule has 0 unspecified atom stereocenters. The Morgan fingerprint density at radius 3 is 1.96 bits per heavy atom. The number of sulfonamides is 1. The van der Waals surface area contributed by atoms with E-state index in [9.17, 15) is 27.9 Å². The molecule has 10 nitrogen and oxygen atoms in total. The lowest BCUT2D eigenvalue weighted by atomic mass is 9.84. The third-order valence-corrected chi connectivity index (χ3v) is 9.82. The number of amides is 2. The number of carbonyl (C=O) groups excluding carboxylic acids is 3. The number of nitrogens with one attached hydrogen (secondary N) is 2. The van der Waals surface area contributed by atoms with Crippen LogP contribution in [-0.4, -0.2) is 61.4 Å². The van der Waals surface area contributed by atoms with Gasteiger partial charge in [-0.1, -0.05) is 84.9 Å². The van der Waals surface area contributed by atoms with Gasteiger partial charge in [-0.3, -0.25) is 4.79 Å². The third-order valence-electron chi connectivity index (χ3n) is 7.71. The van der Waals surface area contributed by atoms with Crippen LogP contribution in [0.15, 0.2) is 114 Å². The summed E-state index contributed by atoms with van der Waals surface area (Å²) < 4.78 is 33.4. The van der Waals surface area contributed by atoms with Crippen LogP contribution >= 0.6 is 0 Å². The molecule has 0 spiro atoms. The van der Waals surface area contributed by atoms with E-state index >= 15 is 0 Å². The number of anilines is 1. The van der Waals surface area contributed by atoms with Crippen LogP contribution in [0.4, 0.5) is 10.5 Å². The number of ether oxygens (including phenoxy) is 1. The zero-order chi connectivity index (χ0) is 34.0. The maximum atomic E-state index is 13.9. The molecule has 2 amide bonds. The second kappa shape index (κ2) is 16.1. The van der Waals surface area contributed by atoms with Gasteiger partial charge < -0.3 is 25.3 Å². The number of aldehydes is 1. The highest BCUT2D eigenvalue weighted by molar-refractivity contribution is 7.89. The number of methoxy groups -OCH3 is 1. The van der Waals surface area contributed by atoms with E-state index in [0.717, 1.165) is 11.1 Å². The molecule has 47 heavy (non-hydrogen) atoms. The van der Waals surface area contributed by atoms with Crippen LogP contribution in [0.1, 0.15) is 42.0 Å². The molecule has 2 atom stereocenters. The van der Waals surface area contributed by atoms with Gasteiger partial charge in [-0.2, -0.15) is 4.31 Å². The van der Waals surface area contributed by atoms with E-state index in [4.69, 9.17) is 4.74 Å². The Labute approximate surface area is 275 Å². The second-order valence-electron chi connectivity index (χ2n) is 11.2. The van der Waals surface area contributed by atoms with Crippen molar-refractivity contribution in [2.75, 3.05) is 12.4 Å². The van der Waals surface area contributed by atoms with Gasteiger partial charge in [-0.15, -0.1) is 0 Å². The quantitative estimate of drug-likeness (QED) is 0.164. The number of hydrogen-bond acceptors (Lipinski definition) is 7. The Bertz CT molecular complexity index is 1710. The first kappa shape index (κ1) is 35.0. The van der Waals surface area contributed by atoms with Crippen LogP contribution in [0.5, 0.6) is 0 Å². The minimum absolute atomic E-state index is 0.00629. The highest BCUT2D eigenvalue weighted by atomic mass is 32.2. The summed E-state index contributed by atoms with van der Waals surface area (Å²) in [6, 6.07) is 28.7. The van der Waals surface area contributed by atoms with Gasteiger partial charge in [0.05, 0.1) is 24.7 Å². The van der Waals surface area contributed by atoms with Gasteiger partial charge >= 0.3 is 6.09 Å². The summed E-state index contributed by atoms with van der Waals surface area (Å²) in [5.74, 6) is -1.06. The first-order valence-corrected chi connectivity index (χ1v) is 16.6. The molecule has 0 radical (unpaired) electrons. The molecule has 0 aliphatic carbocycles. The molecule has 11 heteroatoms. The van der Waals surface area contributed by atoms with Gasteiger partial charge in [-0.25, -0.2) is 13.2 Å². The van der Waals surface area contributed by atoms with Crippen molar-refractivity contribution in [2.24, 2.45) is 0 Å². The molecule has 4 aromatic rings. The number of benzene rings is 4. The highest BCUT2D eigenvalue weighted by Gasteiger charge is 2.35. The molecule has 4 rings (SSSR count). The molecule has 246 valence electrons. The topological polar surface area (TPSA) is 142 Å². The molecule has 0 heterocycles. The minimum Gasteiger partial charge on any atom is -0.453 e. The standard InChI is InChI=1S/C36H39N3O7S/c1-25(2)39(47(44,45)32-19-17-26(23-40)18-20-32)31(24-41)22-27-11-10-16-30(21-27)37-35(42)34(38-36(43)46-3)33(28-12-6-4-7-13-28)29-14-8-5-9-15-29/h4-21,24-25,31,33-34,40H,22-23H2,1-3H3,(H,37,42)(H,38,43)/t31-,34-/m0/s1. The first-order chi connectivity index (χ1) is 22.6. The average Bonchev–Trinajstić information content (AvgIpc) is 3.08. The van der Waals surface area contributed by atoms with Crippen molar-refractivity contribution < 1.29 is 32.6 Å². The van der Waals surface area contributed by atoms with E-state index in [1.54, 1.807) is 38.1 Å². The fraction of sp³-hybridized carbons (Fsp3) is 0.250. The highest BCUT2D eigenvalue weighted by Crippen LogP contribution is 2.30. The van der Waals surface area contributed by atoms with Gasteiger partial charge in [-0.05, 0) is 66.8 Å². The van der Waals surface area contributed by atoms with Crippen molar-refractivity contribution >= 4 is 34.0 Å². The molecule has 0 aliphatic rings. The Balaban J connectivity index is 1.62. The van der Waals surface area contributed by atoms with Crippen LogP contribution in [0.2, 0.25) is 0 Å². The summed E-state index contributed by atoms with van der Waals surface area (Å²) in [5, 5.41) is 14.9. The SMILES string of the molecule is COC(=O)N[C@H](C(=O)Nc1cccc(C[C@@H](C=O)N(C(C)C)S(=O)(=O)c2ccc(CO)cc2)c1)C(c1ccccc1)c1ccccc1. The minimum atomic E-state index is -4.07. The molecule has 0 aliphatic heterocycles. The van der Waals surface area contributed by atoms with Crippen molar-refractivity contribution in [1.82, 2.24) is 9.62 Å². The van der Waals surface area contributed by atoms with Crippen molar-refractivity contribution in [3.63, 3.8) is 0 Å². The fourth-order valence-corrected chi connectivity index (χ4v) is 7.31. The summed E-state index contributed by atoms with van der Waals surface area (Å²) in [7, 11) is -2.85. The molecule has 0 bridgehead atoms. The number of hydrogen-bond donors (Lipinski definition) is 3. The van der Waals surface area contributed by atoms with Gasteiger partial charge in [0, 0.05) is 17.6 Å². The number of aliphatic hydroxyl groups is 1. The zero-order valence-corrected chi connectivity index (χ0v) is 27.3. The smallest absolute Gasteiger partial charge is 0.407 e. The van der Waals surface area contributed by atoms with Crippen molar-refractivity contribution in [2.45, 2.75) is 55.8 Å². The lowest BCUT2D eigenvalue weighted by Crippen LogP contribution is -2.48. The Morgan fingerprint density at radius 2 is 1.45 bits per heavy atom. The van der Waals surface area contributed by atoms with Crippen molar-refractivity contribution in [3.8, 4) is 0 Å². The summed E-state index contributed by atoms with van der Waals surface area (Å²) in [6.07, 6.45) is -0.128. The molecular formula is C36H39N3O7S. The maximum absolute atomic E-state index is 13.9. The van der Waals surface area contributed by atoms with Crippen molar-refractivity contribution in [3.05, 3.63) is 131 Å². The summed E-state index contributed by atoms with van der Waals surface area (Å²) in [5.41, 5.74) is 3.18. The van der Waals surface area contributed by atoms with E-state index in [0.29, 0.717) is 23.1 Å². The molecule has 0 fully saturated rings. The van der Waals surface area contributed by atoms with Crippen molar-refractivity contribution in [1.29, 1.82) is 0 Å². The Kier molecular flexibility index (Phi) is 12.0. The van der Waals surface area contributed by atoms with E-state index in [-0.39, 0.29) is 17.9 Å². The first-order valence-electron chi connectivity index (χ1n) is 15.1. The normalized spacial score (nSPS) is 12.8. The van der Waals surface area contributed by atoms with E-state index < -0.39 is 46.1 Å². The lowest BCUT2D eigenvalue weighted by molar-refractivity contribution is -0.118. The maximum Gasteiger partial charge on any atom is 0.407 e. The summed E-state index contributed by atoms with van der Waals surface area (Å²) in [4.78, 5) is 38.8. The number of rotatable bonds is 14. The predicted octanol–water partition coefficient (Wildman–Crippen LogP) is 4.88. The van der Waals surface area contributed by atoms with Crippen LogP contribution in [0.25, 0.3) is 0 Å². The van der Waals surface area contributed by atoms with Crippen LogP contribution in [-0.2, 0) is 37.4 Å². The Hall–Kier alpha value is -4.84. The van der Waals surface area contributed by atoms with E-state index in [1.807, 2.05) is 60.7 Å². The average molecular weight is 658 g/mol. The fourth-order valence-electron chi connectivity index (χ4n) is 5.55. The van der Waals surface area contributed by atoms with Gasteiger partial charge in [0.1, 0.15) is 12.3 Å². The van der Waals surface area contributed by atoms with E-state index in [2.05, 4.69) is 10.6 Å². The number of carbonyl (C=O) groups is 3. The summed E-state index contributed by atoms with van der Waals surface area (Å²) >= 11 is 0. The molecule has 0 saturated heterocycles. The predicted molar refractivity (Wildman–Crippen MR) is 179 cm³/mol. The molecular weight excluding hydrogens is 618 g/mol. The largest absolute Gasteiger partial charge is 0.453 e. The Morgan fingerprint density at radius 1 is 0.851 bits per heavy atom. The molecule has 3 N–H and O–H groups in total. The monoisotopic (exact) mass is 657 g/mol. The molecule has 4 aromatic carbocycles. The van der Waals surface area contributed by atoms with Crippen LogP contribution in [0.3, 0.4) is 0 Å². The molecule has 0 aromatic heterocycles. The lowest BCUT2D eigenvalue weighted by Gasteiger charge is -2.31. The summed E-state index contributed by atoms with van der Waals surface area (Å²) in [6.45, 7) is 3.16. The number of aliphatic hydroxyl groups excluding tert-OH is 1. The van der Waals surface area contributed by atoms with Gasteiger partial charge in [0.2, 0.25) is 15.9 Å². The zero-order valence-electron chi connectivity index (χ0n) is 26.4. The van der Waals surface area contributed by atoms with Crippen LogP contribution < -0.4 is 10.6 Å². The molecule has 0 saturated carbocycles. The van der Waals surface area contributed by atoms with Gasteiger partial charge in [0.25, 0.3) is 0 Å². The third kappa shape index (κ3) is 8.70. The van der Waals surface area contributed by atoms with E-state index in [1.165, 1.54) is 35.7 Å².